The van der Waals surface area contributed by atoms with Crippen molar-refractivity contribution in [3.63, 3.8) is 0 Å². The zero-order valence-electron chi connectivity index (χ0n) is 15.3. The summed E-state index contributed by atoms with van der Waals surface area (Å²) in [6, 6.07) is 5.71. The number of thiazole rings is 1. The van der Waals surface area contributed by atoms with Crippen LogP contribution < -0.4 is 10.9 Å². The van der Waals surface area contributed by atoms with Crippen molar-refractivity contribution in [2.45, 2.75) is 25.7 Å². The molecule has 1 aliphatic heterocycles. The molecule has 1 saturated heterocycles. The first-order chi connectivity index (χ1) is 13.1. The number of nitrogens with zero attached hydrogens (tertiary/aromatic N) is 3. The van der Waals surface area contributed by atoms with E-state index in [1.807, 2.05) is 30.0 Å². The summed E-state index contributed by atoms with van der Waals surface area (Å²) in [5.41, 5.74) is 1.89. The maximum atomic E-state index is 13.0. The molecular formula is C19H21N5O2S. The van der Waals surface area contributed by atoms with Crippen LogP contribution in [0.4, 0.5) is 5.13 Å². The van der Waals surface area contributed by atoms with Gasteiger partial charge in [0, 0.05) is 43.3 Å². The van der Waals surface area contributed by atoms with Gasteiger partial charge in [-0.3, -0.25) is 14.6 Å². The number of aromatic amines is 1. The first kappa shape index (κ1) is 17.7. The Bertz CT molecular complexity index is 1060. The molecule has 0 saturated carbocycles. The molecule has 4 rings (SSSR count). The van der Waals surface area contributed by atoms with Crippen molar-refractivity contribution >= 4 is 33.3 Å². The summed E-state index contributed by atoms with van der Waals surface area (Å²) in [6.07, 6.45) is 3.46. The lowest BCUT2D eigenvalue weighted by atomic mass is 9.93. The van der Waals surface area contributed by atoms with Crippen LogP contribution in [0, 0.1) is 6.92 Å². The highest BCUT2D eigenvalue weighted by molar-refractivity contribution is 7.17. The molecule has 7 nitrogen and oxygen atoms in total. The normalized spacial score (nSPS) is 17.3. The smallest absolute Gasteiger partial charge is 0.274 e. The number of anilines is 1. The summed E-state index contributed by atoms with van der Waals surface area (Å²) in [5, 5.41) is 4.57. The van der Waals surface area contributed by atoms with Crippen molar-refractivity contribution in [2.75, 3.05) is 25.5 Å². The van der Waals surface area contributed by atoms with E-state index in [0.29, 0.717) is 16.9 Å². The number of H-pyrrole nitrogens is 1. The number of carbonyl (C=O) groups is 1. The molecule has 0 aromatic carbocycles. The monoisotopic (exact) mass is 383 g/mol. The Morgan fingerprint density at radius 2 is 2.30 bits per heavy atom. The number of aryl methyl sites for hydroxylation is 1. The Kier molecular flexibility index (Phi) is 4.65. The number of rotatable bonds is 3. The van der Waals surface area contributed by atoms with Crippen molar-refractivity contribution in [3.05, 3.63) is 51.0 Å². The molecule has 1 amide bonds. The lowest BCUT2D eigenvalue weighted by Gasteiger charge is -2.32. The van der Waals surface area contributed by atoms with E-state index >= 15 is 0 Å². The Morgan fingerprint density at radius 3 is 3.07 bits per heavy atom. The summed E-state index contributed by atoms with van der Waals surface area (Å²) >= 11 is 1.38. The molecule has 1 aliphatic rings. The predicted octanol–water partition coefficient (Wildman–Crippen LogP) is 2.75. The number of pyridine rings is 2. The summed E-state index contributed by atoms with van der Waals surface area (Å²) in [6.45, 7) is 3.17. The minimum Gasteiger partial charge on any atom is -0.365 e. The summed E-state index contributed by atoms with van der Waals surface area (Å²) < 4.78 is 0. The Hall–Kier alpha value is -2.74. The summed E-state index contributed by atoms with van der Waals surface area (Å²) in [5.74, 6) is 0.123. The van der Waals surface area contributed by atoms with Crippen molar-refractivity contribution < 1.29 is 4.79 Å². The average molecular weight is 383 g/mol. The van der Waals surface area contributed by atoms with Crippen LogP contribution in [-0.4, -0.2) is 45.9 Å². The van der Waals surface area contributed by atoms with Crippen molar-refractivity contribution in [2.24, 2.45) is 0 Å². The molecule has 0 unspecified atom stereocenters. The van der Waals surface area contributed by atoms with Crippen LogP contribution in [0.15, 0.2) is 29.2 Å². The molecule has 0 spiro atoms. The van der Waals surface area contributed by atoms with Gasteiger partial charge in [0.1, 0.15) is 10.4 Å². The minimum atomic E-state index is -0.177. The SMILES string of the molecule is CNc1nc(C)c(C(=O)N2CCC[C@H](c3cc4cccnc4c(=O)[nH]3)C2)s1. The third-order valence-electron chi connectivity index (χ3n) is 4.98. The summed E-state index contributed by atoms with van der Waals surface area (Å²) in [7, 11) is 1.80. The molecule has 8 heteroatoms. The number of amides is 1. The first-order valence-electron chi connectivity index (χ1n) is 8.99. The fraction of sp³-hybridized carbons (Fsp3) is 0.368. The fourth-order valence-electron chi connectivity index (χ4n) is 3.60. The number of hydrogen-bond acceptors (Lipinski definition) is 6. The number of hydrogen-bond donors (Lipinski definition) is 2. The highest BCUT2D eigenvalue weighted by Gasteiger charge is 2.28. The maximum Gasteiger partial charge on any atom is 0.274 e. The Balaban J connectivity index is 1.60. The van der Waals surface area contributed by atoms with E-state index in [9.17, 15) is 9.59 Å². The van der Waals surface area contributed by atoms with Gasteiger partial charge in [-0.25, -0.2) is 4.98 Å². The van der Waals surface area contributed by atoms with Gasteiger partial charge in [0.2, 0.25) is 0 Å². The Labute approximate surface area is 160 Å². The molecule has 140 valence electrons. The van der Waals surface area contributed by atoms with E-state index in [1.54, 1.807) is 13.2 Å². The van der Waals surface area contributed by atoms with Gasteiger partial charge in [0.05, 0.1) is 5.69 Å². The topological polar surface area (TPSA) is 91.0 Å². The van der Waals surface area contributed by atoms with Crippen LogP contribution in [0.5, 0.6) is 0 Å². The van der Waals surface area contributed by atoms with Gasteiger partial charge in [-0.2, -0.15) is 0 Å². The molecule has 1 fully saturated rings. The average Bonchev–Trinajstić information content (AvgIpc) is 3.08. The number of piperidine rings is 1. The second-order valence-electron chi connectivity index (χ2n) is 6.77. The molecule has 4 heterocycles. The van der Waals surface area contributed by atoms with Crippen molar-refractivity contribution in [3.8, 4) is 0 Å². The molecule has 3 aromatic rings. The molecular weight excluding hydrogens is 362 g/mol. The second-order valence-corrected chi connectivity index (χ2v) is 7.77. The van der Waals surface area contributed by atoms with Gasteiger partial charge in [-0.05, 0) is 31.9 Å². The van der Waals surface area contributed by atoms with Crippen LogP contribution in [0.3, 0.4) is 0 Å². The van der Waals surface area contributed by atoms with Gasteiger partial charge in [-0.1, -0.05) is 17.4 Å². The molecule has 0 bridgehead atoms. The number of fused-ring (bicyclic) bond motifs is 1. The van der Waals surface area contributed by atoms with E-state index in [1.165, 1.54) is 11.3 Å². The van der Waals surface area contributed by atoms with Crippen LogP contribution in [-0.2, 0) is 0 Å². The molecule has 0 aliphatic carbocycles. The number of likely N-dealkylation sites (tertiary alicyclic amines) is 1. The van der Waals surface area contributed by atoms with Gasteiger partial charge < -0.3 is 15.2 Å². The van der Waals surface area contributed by atoms with E-state index in [4.69, 9.17) is 0 Å². The molecule has 3 aromatic heterocycles. The van der Waals surface area contributed by atoms with E-state index in [-0.39, 0.29) is 17.4 Å². The van der Waals surface area contributed by atoms with Gasteiger partial charge >= 0.3 is 0 Å². The zero-order valence-corrected chi connectivity index (χ0v) is 16.1. The van der Waals surface area contributed by atoms with Crippen molar-refractivity contribution in [1.82, 2.24) is 19.9 Å². The van der Waals surface area contributed by atoms with E-state index < -0.39 is 0 Å². The van der Waals surface area contributed by atoms with Crippen LogP contribution in [0.2, 0.25) is 0 Å². The quantitative estimate of drug-likeness (QED) is 0.726. The number of nitrogens with one attached hydrogen (secondary N) is 2. The molecule has 27 heavy (non-hydrogen) atoms. The van der Waals surface area contributed by atoms with Crippen LogP contribution in [0.1, 0.15) is 39.8 Å². The van der Waals surface area contributed by atoms with E-state index in [0.717, 1.165) is 41.3 Å². The largest absolute Gasteiger partial charge is 0.365 e. The number of aromatic nitrogens is 3. The highest BCUT2D eigenvalue weighted by Crippen LogP contribution is 2.30. The first-order valence-corrected chi connectivity index (χ1v) is 9.81. The minimum absolute atomic E-state index is 0.0148. The standard InChI is InChI=1S/C19H21N5O2S/c1-11-16(27-19(20-2)22-11)18(26)24-8-4-6-13(10-24)14-9-12-5-3-7-21-15(12)17(25)23-14/h3,5,7,9,13H,4,6,8,10H2,1-2H3,(H,20,22)(H,23,25)/t13-/m0/s1. The lowest BCUT2D eigenvalue weighted by molar-refractivity contribution is 0.0710. The van der Waals surface area contributed by atoms with Crippen LogP contribution in [0.25, 0.3) is 10.9 Å². The molecule has 0 radical (unpaired) electrons. The van der Waals surface area contributed by atoms with Gasteiger partial charge in [0.15, 0.2) is 5.13 Å². The molecule has 2 N–H and O–H groups in total. The van der Waals surface area contributed by atoms with Crippen molar-refractivity contribution in [1.29, 1.82) is 0 Å². The Morgan fingerprint density at radius 1 is 1.44 bits per heavy atom. The zero-order chi connectivity index (χ0) is 19.0. The second kappa shape index (κ2) is 7.11. The molecule has 1 atom stereocenters. The third-order valence-corrected chi connectivity index (χ3v) is 6.14. The van der Waals surface area contributed by atoms with Gasteiger partial charge in [-0.15, -0.1) is 0 Å². The van der Waals surface area contributed by atoms with Gasteiger partial charge in [0.25, 0.3) is 11.5 Å². The maximum absolute atomic E-state index is 13.0. The number of carbonyl (C=O) groups excluding carboxylic acids is 1. The van der Waals surface area contributed by atoms with E-state index in [2.05, 4.69) is 20.3 Å². The fourth-order valence-corrected chi connectivity index (χ4v) is 4.49. The third kappa shape index (κ3) is 3.32. The summed E-state index contributed by atoms with van der Waals surface area (Å²) in [4.78, 5) is 39.4. The van der Waals surface area contributed by atoms with Crippen LogP contribution >= 0.6 is 11.3 Å². The predicted molar refractivity (Wildman–Crippen MR) is 107 cm³/mol. The highest BCUT2D eigenvalue weighted by atomic mass is 32.1. The lowest BCUT2D eigenvalue weighted by Crippen LogP contribution is -2.39.